The van der Waals surface area contributed by atoms with Crippen molar-refractivity contribution in [2.24, 2.45) is 5.92 Å². The molecule has 160 valence electrons. The average Bonchev–Trinajstić information content (AvgIpc) is 2.75. The van der Waals surface area contributed by atoms with Crippen LogP contribution in [0.4, 0.5) is 0 Å². The maximum atomic E-state index is 11.5. The molecule has 0 bridgehead atoms. The molecule has 0 fully saturated rings. The number of benzene rings is 2. The summed E-state index contributed by atoms with van der Waals surface area (Å²) < 4.78 is 6.42. The standard InChI is InChI=1S/C25H28O3.CH4O/c1-4-16-5-7-17(8-6-16)13-18-9-11-20-21-15-19(24(26)27)10-12-22(21)25(2,3)28-23(20)14-18;1-2/h5-11,14,21-22H,4,12-13,15H2,1-3H3,(H,26,27);2H,1H3. The van der Waals surface area contributed by atoms with E-state index in [-0.39, 0.29) is 11.5 Å². The van der Waals surface area contributed by atoms with Crippen molar-refractivity contribution in [3.05, 3.63) is 76.4 Å². The van der Waals surface area contributed by atoms with Crippen molar-refractivity contribution in [2.75, 3.05) is 7.11 Å². The van der Waals surface area contributed by atoms with Crippen LogP contribution in [-0.2, 0) is 17.6 Å². The first-order valence-electron chi connectivity index (χ1n) is 10.6. The SMILES string of the molecule is CCc1ccc(Cc2ccc3c(c2)OC(C)(C)C2CC=C(C(=O)O)CC32)cc1.CO. The van der Waals surface area contributed by atoms with E-state index in [0.717, 1.165) is 37.7 Å². The molecule has 0 radical (unpaired) electrons. The van der Waals surface area contributed by atoms with E-state index in [9.17, 15) is 9.90 Å². The van der Waals surface area contributed by atoms with Gasteiger partial charge in [0.1, 0.15) is 11.4 Å². The molecule has 4 rings (SSSR count). The van der Waals surface area contributed by atoms with Crippen molar-refractivity contribution in [1.29, 1.82) is 0 Å². The van der Waals surface area contributed by atoms with Gasteiger partial charge in [-0.1, -0.05) is 49.4 Å². The van der Waals surface area contributed by atoms with Crippen LogP contribution >= 0.6 is 0 Å². The topological polar surface area (TPSA) is 66.8 Å². The zero-order valence-corrected chi connectivity index (χ0v) is 18.3. The highest BCUT2D eigenvalue weighted by Crippen LogP contribution is 2.51. The van der Waals surface area contributed by atoms with Gasteiger partial charge in [-0.05, 0) is 73.8 Å². The molecular formula is C26H32O4. The molecule has 0 spiro atoms. The van der Waals surface area contributed by atoms with Gasteiger partial charge < -0.3 is 14.9 Å². The number of ether oxygens (including phenoxy) is 1. The van der Waals surface area contributed by atoms with Crippen LogP contribution in [0, 0.1) is 5.92 Å². The maximum absolute atomic E-state index is 11.5. The fourth-order valence-corrected chi connectivity index (χ4v) is 4.74. The number of aliphatic hydroxyl groups excluding tert-OH is 1. The molecular weight excluding hydrogens is 376 g/mol. The lowest BCUT2D eigenvalue weighted by molar-refractivity contribution is -0.133. The second-order valence-electron chi connectivity index (χ2n) is 8.61. The zero-order valence-electron chi connectivity index (χ0n) is 18.3. The lowest BCUT2D eigenvalue weighted by Crippen LogP contribution is -2.45. The molecule has 4 nitrogen and oxygen atoms in total. The summed E-state index contributed by atoms with van der Waals surface area (Å²) in [4.78, 5) is 11.5. The first kappa shape index (κ1) is 22.1. The molecule has 0 saturated carbocycles. The molecule has 2 atom stereocenters. The summed E-state index contributed by atoms with van der Waals surface area (Å²) in [7, 11) is 1.00. The minimum atomic E-state index is -0.795. The van der Waals surface area contributed by atoms with Gasteiger partial charge in [0.25, 0.3) is 0 Å². The molecule has 0 saturated heterocycles. The fourth-order valence-electron chi connectivity index (χ4n) is 4.74. The zero-order chi connectivity index (χ0) is 21.9. The summed E-state index contributed by atoms with van der Waals surface area (Å²) in [6.45, 7) is 6.42. The van der Waals surface area contributed by atoms with Crippen molar-refractivity contribution in [3.8, 4) is 5.75 Å². The van der Waals surface area contributed by atoms with Crippen molar-refractivity contribution in [3.63, 3.8) is 0 Å². The van der Waals surface area contributed by atoms with Crippen LogP contribution in [0.1, 0.15) is 61.8 Å². The molecule has 1 aliphatic carbocycles. The highest BCUT2D eigenvalue weighted by Gasteiger charge is 2.45. The summed E-state index contributed by atoms with van der Waals surface area (Å²) >= 11 is 0. The second kappa shape index (κ2) is 9.05. The maximum Gasteiger partial charge on any atom is 0.331 e. The summed E-state index contributed by atoms with van der Waals surface area (Å²) in [5, 5.41) is 16.5. The van der Waals surface area contributed by atoms with E-state index in [2.05, 4.69) is 63.2 Å². The molecule has 2 aliphatic rings. The Hall–Kier alpha value is -2.59. The molecule has 0 amide bonds. The predicted octanol–water partition coefficient (Wildman–Crippen LogP) is 5.12. The number of fused-ring (bicyclic) bond motifs is 3. The molecule has 4 heteroatoms. The first-order valence-corrected chi connectivity index (χ1v) is 10.6. The molecule has 2 N–H and O–H groups in total. The van der Waals surface area contributed by atoms with Crippen LogP contribution in [-0.4, -0.2) is 28.9 Å². The Kier molecular flexibility index (Phi) is 6.67. The van der Waals surface area contributed by atoms with E-state index in [1.165, 1.54) is 16.7 Å². The van der Waals surface area contributed by atoms with Crippen molar-refractivity contribution >= 4 is 5.97 Å². The largest absolute Gasteiger partial charge is 0.487 e. The lowest BCUT2D eigenvalue weighted by atomic mass is 9.67. The van der Waals surface area contributed by atoms with Gasteiger partial charge in [0.15, 0.2) is 0 Å². The smallest absolute Gasteiger partial charge is 0.331 e. The number of carbonyl (C=O) groups is 1. The number of hydrogen-bond acceptors (Lipinski definition) is 3. The van der Waals surface area contributed by atoms with Crippen LogP contribution in [0.25, 0.3) is 0 Å². The van der Waals surface area contributed by atoms with Gasteiger partial charge in [-0.15, -0.1) is 0 Å². The van der Waals surface area contributed by atoms with Gasteiger partial charge in [0, 0.05) is 18.6 Å². The normalized spacial score (nSPS) is 21.2. The molecule has 1 heterocycles. The van der Waals surface area contributed by atoms with Crippen LogP contribution in [0.5, 0.6) is 5.75 Å². The number of allylic oxidation sites excluding steroid dienone is 1. The highest BCUT2D eigenvalue weighted by atomic mass is 16.5. The number of carboxylic acid groups (broad SMARTS) is 1. The average molecular weight is 409 g/mol. The predicted molar refractivity (Wildman–Crippen MR) is 119 cm³/mol. The van der Waals surface area contributed by atoms with E-state index in [0.29, 0.717) is 17.9 Å². The van der Waals surface area contributed by atoms with E-state index < -0.39 is 5.97 Å². The monoisotopic (exact) mass is 408 g/mol. The van der Waals surface area contributed by atoms with Crippen molar-refractivity contribution in [1.82, 2.24) is 0 Å². The molecule has 2 aromatic rings. The van der Waals surface area contributed by atoms with Crippen molar-refractivity contribution in [2.45, 2.75) is 58.0 Å². The molecule has 1 aliphatic heterocycles. The lowest BCUT2D eigenvalue weighted by Gasteiger charge is -2.46. The van der Waals surface area contributed by atoms with Gasteiger partial charge in [-0.3, -0.25) is 0 Å². The number of aryl methyl sites for hydroxylation is 1. The number of aliphatic carboxylic acids is 1. The molecule has 2 unspecified atom stereocenters. The summed E-state index contributed by atoms with van der Waals surface area (Å²) in [5.41, 5.74) is 5.25. The van der Waals surface area contributed by atoms with Gasteiger partial charge in [-0.25, -0.2) is 4.79 Å². The Morgan fingerprint density at radius 2 is 1.70 bits per heavy atom. The minimum absolute atomic E-state index is 0.202. The Bertz CT molecular complexity index is 925. The number of aliphatic hydroxyl groups is 1. The second-order valence-corrected chi connectivity index (χ2v) is 8.61. The first-order chi connectivity index (χ1) is 14.4. The highest BCUT2D eigenvalue weighted by molar-refractivity contribution is 5.87. The minimum Gasteiger partial charge on any atom is -0.487 e. The number of hydrogen-bond donors (Lipinski definition) is 2. The molecule has 30 heavy (non-hydrogen) atoms. The van der Waals surface area contributed by atoms with E-state index in [4.69, 9.17) is 9.84 Å². The Labute approximate surface area is 179 Å². The third kappa shape index (κ3) is 4.44. The van der Waals surface area contributed by atoms with Gasteiger partial charge >= 0.3 is 5.97 Å². The Morgan fingerprint density at radius 3 is 2.33 bits per heavy atom. The Balaban J connectivity index is 0.00000124. The Morgan fingerprint density at radius 1 is 1.07 bits per heavy atom. The summed E-state index contributed by atoms with van der Waals surface area (Å²) in [6.07, 6.45) is 5.14. The van der Waals surface area contributed by atoms with Gasteiger partial charge in [0.2, 0.25) is 0 Å². The number of rotatable bonds is 4. The van der Waals surface area contributed by atoms with E-state index >= 15 is 0 Å². The van der Waals surface area contributed by atoms with Crippen molar-refractivity contribution < 1.29 is 19.7 Å². The summed E-state index contributed by atoms with van der Waals surface area (Å²) in [5.74, 6) is 0.625. The number of carboxylic acids is 1. The third-order valence-corrected chi connectivity index (χ3v) is 6.40. The quantitative estimate of drug-likeness (QED) is 0.736. The fraction of sp³-hybridized carbons (Fsp3) is 0.423. The molecule has 0 aromatic heterocycles. The van der Waals surface area contributed by atoms with E-state index in [1.807, 2.05) is 6.08 Å². The van der Waals surface area contributed by atoms with Gasteiger partial charge in [0.05, 0.1) is 0 Å². The summed E-state index contributed by atoms with van der Waals surface area (Å²) in [6, 6.07) is 15.3. The van der Waals surface area contributed by atoms with Crippen LogP contribution in [0.2, 0.25) is 0 Å². The third-order valence-electron chi connectivity index (χ3n) is 6.40. The van der Waals surface area contributed by atoms with Crippen LogP contribution in [0.15, 0.2) is 54.1 Å². The van der Waals surface area contributed by atoms with Crippen LogP contribution in [0.3, 0.4) is 0 Å². The van der Waals surface area contributed by atoms with E-state index in [1.54, 1.807) is 0 Å². The van der Waals surface area contributed by atoms with Gasteiger partial charge in [-0.2, -0.15) is 0 Å². The van der Waals surface area contributed by atoms with Crippen LogP contribution < -0.4 is 4.74 Å². The molecule has 2 aromatic carbocycles.